The lowest BCUT2D eigenvalue weighted by atomic mass is 9.92. The zero-order valence-electron chi connectivity index (χ0n) is 18.9. The van der Waals surface area contributed by atoms with Crippen LogP contribution in [0.1, 0.15) is 60.0 Å². The second-order valence-electron chi connectivity index (χ2n) is 8.48. The number of aliphatic hydroxyl groups excluding tert-OH is 1. The predicted molar refractivity (Wildman–Crippen MR) is 122 cm³/mol. The molecule has 1 N–H and O–H groups in total. The third-order valence-electron chi connectivity index (χ3n) is 5.85. The standard InChI is InChI=1S/C26H31NO4/c1-16(2)19-9-11-20(12-10-19)23-22(24(28)21-15-17(3)7-8-18(21)4)25(29)26(30)27(23)13-6-14-31-5/h7-12,15-16,23,28H,6,13-14H2,1-5H3/b24-22+. The molecular weight excluding hydrogens is 390 g/mol. The van der Waals surface area contributed by atoms with Gasteiger partial charge in [0, 0.05) is 25.8 Å². The molecule has 0 saturated carbocycles. The molecule has 2 aromatic carbocycles. The summed E-state index contributed by atoms with van der Waals surface area (Å²) < 4.78 is 5.13. The molecule has 0 spiro atoms. The first-order chi connectivity index (χ1) is 14.8. The van der Waals surface area contributed by atoms with Gasteiger partial charge in [-0.15, -0.1) is 0 Å². The highest BCUT2D eigenvalue weighted by Crippen LogP contribution is 2.40. The van der Waals surface area contributed by atoms with E-state index in [1.807, 2.05) is 56.3 Å². The molecule has 1 unspecified atom stereocenters. The van der Waals surface area contributed by atoms with Crippen molar-refractivity contribution in [2.45, 2.75) is 46.1 Å². The highest BCUT2D eigenvalue weighted by Gasteiger charge is 2.45. The summed E-state index contributed by atoms with van der Waals surface area (Å²) >= 11 is 0. The molecule has 1 aliphatic heterocycles. The second kappa shape index (κ2) is 9.48. The Morgan fingerprint density at radius 3 is 2.39 bits per heavy atom. The van der Waals surface area contributed by atoms with E-state index in [9.17, 15) is 14.7 Å². The van der Waals surface area contributed by atoms with Gasteiger partial charge in [0.2, 0.25) is 0 Å². The second-order valence-corrected chi connectivity index (χ2v) is 8.48. The van der Waals surface area contributed by atoms with Crippen molar-refractivity contribution in [1.29, 1.82) is 0 Å². The van der Waals surface area contributed by atoms with E-state index in [0.29, 0.717) is 31.1 Å². The van der Waals surface area contributed by atoms with E-state index in [-0.39, 0.29) is 11.3 Å². The molecule has 0 aliphatic carbocycles. The molecule has 1 heterocycles. The van der Waals surface area contributed by atoms with Crippen LogP contribution < -0.4 is 0 Å². The zero-order chi connectivity index (χ0) is 22.7. The van der Waals surface area contributed by atoms with Crippen molar-refractivity contribution in [1.82, 2.24) is 4.90 Å². The number of methoxy groups -OCH3 is 1. The number of likely N-dealkylation sites (tertiary alicyclic amines) is 1. The Morgan fingerprint density at radius 2 is 1.77 bits per heavy atom. The van der Waals surface area contributed by atoms with Crippen molar-refractivity contribution >= 4 is 17.4 Å². The minimum absolute atomic E-state index is 0.119. The Morgan fingerprint density at radius 1 is 1.10 bits per heavy atom. The number of aryl methyl sites for hydroxylation is 2. The summed E-state index contributed by atoms with van der Waals surface area (Å²) in [6.45, 7) is 8.91. The van der Waals surface area contributed by atoms with E-state index in [0.717, 1.165) is 16.7 Å². The Kier molecular flexibility index (Phi) is 6.96. The molecule has 0 bridgehead atoms. The first-order valence-electron chi connectivity index (χ1n) is 10.7. The Bertz CT molecular complexity index is 1000. The molecule has 1 saturated heterocycles. The van der Waals surface area contributed by atoms with E-state index in [1.165, 1.54) is 5.56 Å². The van der Waals surface area contributed by atoms with Crippen LogP contribution in [0.15, 0.2) is 48.0 Å². The van der Waals surface area contributed by atoms with E-state index < -0.39 is 17.7 Å². The lowest BCUT2D eigenvalue weighted by molar-refractivity contribution is -0.140. The largest absolute Gasteiger partial charge is 0.507 e. The van der Waals surface area contributed by atoms with Crippen molar-refractivity contribution in [2.24, 2.45) is 0 Å². The van der Waals surface area contributed by atoms with E-state index in [2.05, 4.69) is 13.8 Å². The molecule has 1 aliphatic rings. The monoisotopic (exact) mass is 421 g/mol. The number of amides is 1. The summed E-state index contributed by atoms with van der Waals surface area (Å²) in [6.07, 6.45) is 0.605. The van der Waals surface area contributed by atoms with Crippen molar-refractivity contribution < 1.29 is 19.4 Å². The molecule has 3 rings (SSSR count). The van der Waals surface area contributed by atoms with Crippen LogP contribution in [0.25, 0.3) is 5.76 Å². The number of hydrogen-bond acceptors (Lipinski definition) is 4. The van der Waals surface area contributed by atoms with Gasteiger partial charge in [-0.2, -0.15) is 0 Å². The smallest absolute Gasteiger partial charge is 0.295 e. The first kappa shape index (κ1) is 22.8. The van der Waals surface area contributed by atoms with Crippen molar-refractivity contribution in [3.05, 3.63) is 75.9 Å². The number of nitrogens with zero attached hydrogens (tertiary/aromatic N) is 1. The van der Waals surface area contributed by atoms with Gasteiger partial charge in [-0.25, -0.2) is 0 Å². The van der Waals surface area contributed by atoms with Gasteiger partial charge in [0.15, 0.2) is 0 Å². The maximum absolute atomic E-state index is 13.1. The number of carbonyl (C=O) groups excluding carboxylic acids is 2. The van der Waals surface area contributed by atoms with Gasteiger partial charge in [-0.05, 0) is 48.9 Å². The summed E-state index contributed by atoms with van der Waals surface area (Å²) in [7, 11) is 1.61. The van der Waals surface area contributed by atoms with Crippen molar-refractivity contribution in [3.63, 3.8) is 0 Å². The summed E-state index contributed by atoms with van der Waals surface area (Å²) in [5.41, 5.74) is 4.54. The molecule has 1 fully saturated rings. The summed E-state index contributed by atoms with van der Waals surface area (Å²) in [4.78, 5) is 27.6. The Hall–Kier alpha value is -2.92. The van der Waals surface area contributed by atoms with Crippen LogP contribution in [-0.2, 0) is 14.3 Å². The molecule has 1 atom stereocenters. The lowest BCUT2D eigenvalue weighted by Crippen LogP contribution is -2.31. The molecule has 0 radical (unpaired) electrons. The van der Waals surface area contributed by atoms with Gasteiger partial charge in [0.1, 0.15) is 5.76 Å². The van der Waals surface area contributed by atoms with Gasteiger partial charge >= 0.3 is 0 Å². The summed E-state index contributed by atoms with van der Waals surface area (Å²) in [5, 5.41) is 11.2. The molecule has 5 heteroatoms. The zero-order valence-corrected chi connectivity index (χ0v) is 18.9. The number of hydrogen-bond donors (Lipinski definition) is 1. The summed E-state index contributed by atoms with van der Waals surface area (Å²) in [5.74, 6) is -0.974. The molecule has 5 nitrogen and oxygen atoms in total. The van der Waals surface area contributed by atoms with Gasteiger partial charge in [0.05, 0.1) is 11.6 Å². The van der Waals surface area contributed by atoms with Crippen LogP contribution in [0, 0.1) is 13.8 Å². The minimum Gasteiger partial charge on any atom is -0.507 e. The molecule has 164 valence electrons. The lowest BCUT2D eigenvalue weighted by Gasteiger charge is -2.25. The minimum atomic E-state index is -0.645. The van der Waals surface area contributed by atoms with E-state index in [4.69, 9.17) is 4.74 Å². The Labute approximate surface area is 184 Å². The van der Waals surface area contributed by atoms with Crippen molar-refractivity contribution in [2.75, 3.05) is 20.3 Å². The fourth-order valence-corrected chi connectivity index (χ4v) is 4.04. The fraction of sp³-hybridized carbons (Fsp3) is 0.385. The van der Waals surface area contributed by atoms with Gasteiger partial charge in [-0.1, -0.05) is 55.8 Å². The van der Waals surface area contributed by atoms with E-state index >= 15 is 0 Å². The van der Waals surface area contributed by atoms with Gasteiger partial charge in [0.25, 0.3) is 11.7 Å². The average molecular weight is 422 g/mol. The normalized spacial score (nSPS) is 18.3. The molecule has 0 aromatic heterocycles. The number of aliphatic hydroxyl groups is 1. The number of rotatable bonds is 7. The fourth-order valence-electron chi connectivity index (χ4n) is 4.04. The SMILES string of the molecule is COCCCN1C(=O)C(=O)/C(=C(/O)c2cc(C)ccc2C)C1c1ccc(C(C)C)cc1. The maximum Gasteiger partial charge on any atom is 0.295 e. The molecule has 2 aromatic rings. The Balaban J connectivity index is 2.15. The first-order valence-corrected chi connectivity index (χ1v) is 10.7. The van der Waals surface area contributed by atoms with Gasteiger partial charge < -0.3 is 14.7 Å². The molecule has 1 amide bonds. The van der Waals surface area contributed by atoms with Crippen LogP contribution in [0.5, 0.6) is 0 Å². The number of Topliss-reactive ketones (excluding diaryl/α,β-unsaturated/α-hetero) is 1. The third-order valence-corrected chi connectivity index (χ3v) is 5.85. The van der Waals surface area contributed by atoms with Crippen LogP contribution in [-0.4, -0.2) is 42.0 Å². The predicted octanol–water partition coefficient (Wildman–Crippen LogP) is 4.89. The number of ether oxygens (including phenoxy) is 1. The number of benzene rings is 2. The van der Waals surface area contributed by atoms with Crippen LogP contribution in [0.2, 0.25) is 0 Å². The van der Waals surface area contributed by atoms with Crippen LogP contribution in [0.3, 0.4) is 0 Å². The van der Waals surface area contributed by atoms with Crippen molar-refractivity contribution in [3.8, 4) is 0 Å². The third kappa shape index (κ3) is 4.57. The van der Waals surface area contributed by atoms with Gasteiger partial charge in [-0.3, -0.25) is 9.59 Å². The highest BCUT2D eigenvalue weighted by molar-refractivity contribution is 6.46. The van der Waals surface area contributed by atoms with Crippen LogP contribution >= 0.6 is 0 Å². The number of ketones is 1. The quantitative estimate of drug-likeness (QED) is 0.299. The molecular formula is C26H31NO4. The van der Waals surface area contributed by atoms with Crippen LogP contribution in [0.4, 0.5) is 0 Å². The molecule has 31 heavy (non-hydrogen) atoms. The topological polar surface area (TPSA) is 66.8 Å². The summed E-state index contributed by atoms with van der Waals surface area (Å²) in [6, 6.07) is 13.0. The number of carbonyl (C=O) groups is 2. The average Bonchev–Trinajstić information content (AvgIpc) is 3.00. The highest BCUT2D eigenvalue weighted by atomic mass is 16.5. The maximum atomic E-state index is 13.1. The van der Waals surface area contributed by atoms with E-state index in [1.54, 1.807) is 12.0 Å².